The van der Waals surface area contributed by atoms with Gasteiger partial charge in [0, 0.05) is 56.1 Å². The van der Waals surface area contributed by atoms with E-state index >= 15 is 0 Å². The number of carboxylic acids is 1. The predicted octanol–water partition coefficient (Wildman–Crippen LogP) is 1.49. The van der Waals surface area contributed by atoms with Gasteiger partial charge >= 0.3 is 35.7 Å². The Labute approximate surface area is 360 Å². The number of carbonyl (C=O) groups is 2. The van der Waals surface area contributed by atoms with Crippen LogP contribution in [0.2, 0.25) is 0 Å². The second-order valence-corrected chi connectivity index (χ2v) is 18.4. The topological polar surface area (TPSA) is 174 Å². The first-order chi connectivity index (χ1) is 26.3. The molecular weight excluding hydrogens is 745 g/mol. The first kappa shape index (κ1) is 46.7. The molecule has 5 heterocycles. The average Bonchev–Trinajstić information content (AvgIpc) is 3.86. The van der Waals surface area contributed by atoms with Gasteiger partial charge < -0.3 is 58.6 Å². The van der Waals surface area contributed by atoms with Crippen LogP contribution in [0.3, 0.4) is 0 Å². The van der Waals surface area contributed by atoms with E-state index in [-0.39, 0.29) is 84.1 Å². The average molecular weight is 812 g/mol. The molecule has 6 rings (SSSR count). The van der Waals surface area contributed by atoms with Gasteiger partial charge in [0.05, 0.1) is 53.9 Å². The summed E-state index contributed by atoms with van der Waals surface area (Å²) in [5.41, 5.74) is -0.349. The summed E-state index contributed by atoms with van der Waals surface area (Å²) >= 11 is 0. The Morgan fingerprint density at radius 3 is 2.35 bits per heavy atom. The van der Waals surface area contributed by atoms with Gasteiger partial charge in [-0.3, -0.25) is 0 Å². The van der Waals surface area contributed by atoms with Crippen molar-refractivity contribution in [1.82, 2.24) is 5.32 Å². The van der Waals surface area contributed by atoms with Crippen LogP contribution in [0.15, 0.2) is 30.3 Å². The standard InChI is InChI=1S/C43H67NO12.Na/c1-24-19-26(3)43(49,23-51-39(48)44-22-30-13-11-10-12-14-30)55-34(24)32-20-25(2)37(52-32)41(8)16-15-33(53-41)40(7)17-18-42(56-40)21-31(45)27(4)36(54-42)28(5)35(50-9)29(6)38(46)47;/h10-14,24-29,31-37,45,49H,15-23H2,1-9H3,(H,44,48)(H,46,47);/q;+1/p-1/t24-,25-,26+,27+,28-,29?,31-,32+,33+,34-,35+,36-,37+,40-,41-,42+,43-;/m0./s1. The fourth-order valence-corrected chi connectivity index (χ4v) is 10.6. The molecule has 13 nitrogen and oxygen atoms in total. The SMILES string of the molecule is CO[C@@H](C(C)C(=O)[O-])[C@H](C)[C@H]1O[C@@]2(CC[C@@](C)([C@H]3CC[C@@](C)([C@@H]4O[C@@H]([C@H]5O[C@@](O)(COC(=O)NCc6ccccc6)[C@H](C)C[C@@H]5C)C[C@@H]4C)O3)O2)C[C@H](O)[C@H]1C.[Na+]. The maximum atomic E-state index is 12.6. The van der Waals surface area contributed by atoms with Crippen molar-refractivity contribution in [2.45, 2.75) is 172 Å². The zero-order chi connectivity index (χ0) is 40.8. The Kier molecular flexibility index (Phi) is 15.0. The molecule has 5 saturated heterocycles. The molecule has 14 heteroatoms. The molecule has 0 aliphatic carbocycles. The molecule has 1 spiro atoms. The van der Waals surface area contributed by atoms with Crippen molar-refractivity contribution in [3.8, 4) is 0 Å². The number of methoxy groups -OCH3 is 1. The van der Waals surface area contributed by atoms with Crippen molar-refractivity contribution in [3.05, 3.63) is 35.9 Å². The van der Waals surface area contributed by atoms with Crippen LogP contribution < -0.4 is 40.0 Å². The van der Waals surface area contributed by atoms with E-state index in [4.69, 9.17) is 33.2 Å². The van der Waals surface area contributed by atoms with Gasteiger partial charge in [-0.25, -0.2) is 4.79 Å². The van der Waals surface area contributed by atoms with Crippen LogP contribution in [0.25, 0.3) is 0 Å². The quantitative estimate of drug-likeness (QED) is 0.260. The first-order valence-corrected chi connectivity index (χ1v) is 20.8. The van der Waals surface area contributed by atoms with Crippen LogP contribution in [0.1, 0.15) is 106 Å². The van der Waals surface area contributed by atoms with Crippen LogP contribution >= 0.6 is 0 Å². The molecule has 0 radical (unpaired) electrons. The first-order valence-electron chi connectivity index (χ1n) is 20.8. The van der Waals surface area contributed by atoms with Crippen LogP contribution in [-0.2, 0) is 44.5 Å². The molecule has 3 N–H and O–H groups in total. The second kappa shape index (κ2) is 18.3. The number of hydrogen-bond acceptors (Lipinski definition) is 12. The van der Waals surface area contributed by atoms with Gasteiger partial charge in [0.15, 0.2) is 5.79 Å². The van der Waals surface area contributed by atoms with Crippen molar-refractivity contribution in [2.24, 2.45) is 35.5 Å². The van der Waals surface area contributed by atoms with Gasteiger partial charge in [0.2, 0.25) is 5.79 Å². The molecule has 57 heavy (non-hydrogen) atoms. The Hall–Kier alpha value is -1.36. The fourth-order valence-electron chi connectivity index (χ4n) is 10.6. The van der Waals surface area contributed by atoms with Gasteiger partial charge in [-0.15, -0.1) is 0 Å². The Bertz CT molecular complexity index is 1520. The van der Waals surface area contributed by atoms with Gasteiger partial charge in [0.1, 0.15) is 6.61 Å². The zero-order valence-corrected chi connectivity index (χ0v) is 37.7. The summed E-state index contributed by atoms with van der Waals surface area (Å²) in [6.45, 7) is 15.8. The summed E-state index contributed by atoms with van der Waals surface area (Å²) in [7, 11) is 1.49. The number of ether oxygens (including phenoxy) is 7. The molecular formula is C43H66NNaO12. The molecule has 5 aliphatic heterocycles. The van der Waals surface area contributed by atoms with Crippen LogP contribution in [0.5, 0.6) is 0 Å². The number of amides is 1. The van der Waals surface area contributed by atoms with Crippen LogP contribution in [0, 0.1) is 35.5 Å². The van der Waals surface area contributed by atoms with E-state index in [0.717, 1.165) is 24.8 Å². The van der Waals surface area contributed by atoms with Crippen molar-refractivity contribution < 1.29 is 87.6 Å². The monoisotopic (exact) mass is 811 g/mol. The molecule has 5 fully saturated rings. The summed E-state index contributed by atoms with van der Waals surface area (Å²) in [5.74, 6) is -5.38. The van der Waals surface area contributed by atoms with Crippen molar-refractivity contribution in [3.63, 3.8) is 0 Å². The van der Waals surface area contributed by atoms with Gasteiger partial charge in [0.25, 0.3) is 0 Å². The molecule has 0 bridgehead atoms. The van der Waals surface area contributed by atoms with E-state index in [2.05, 4.69) is 33.0 Å². The zero-order valence-electron chi connectivity index (χ0n) is 35.7. The molecule has 0 aromatic heterocycles. The van der Waals surface area contributed by atoms with E-state index in [1.54, 1.807) is 6.92 Å². The number of alkyl carbamates (subject to hydrolysis) is 1. The Balaban J connectivity index is 0.00000620. The summed E-state index contributed by atoms with van der Waals surface area (Å²) in [4.78, 5) is 24.3. The number of carbonyl (C=O) groups excluding carboxylic acids is 2. The number of aliphatic carboxylic acids is 1. The molecule has 1 unspecified atom stereocenters. The number of hydrogen-bond donors (Lipinski definition) is 3. The minimum Gasteiger partial charge on any atom is -0.550 e. The van der Waals surface area contributed by atoms with E-state index < -0.39 is 65.2 Å². The normalized spacial score (nSPS) is 43.6. The minimum absolute atomic E-state index is 0. The van der Waals surface area contributed by atoms with E-state index in [1.807, 2.05) is 51.1 Å². The Morgan fingerprint density at radius 2 is 1.68 bits per heavy atom. The summed E-state index contributed by atoms with van der Waals surface area (Å²) in [6, 6.07) is 9.54. The number of carboxylic acid groups (broad SMARTS) is 1. The molecule has 1 amide bonds. The predicted molar refractivity (Wildman–Crippen MR) is 203 cm³/mol. The smallest absolute Gasteiger partial charge is 0.550 e. The maximum Gasteiger partial charge on any atom is 1.00 e. The number of nitrogens with one attached hydrogen (secondary N) is 1. The number of aliphatic hydroxyl groups excluding tert-OH is 1. The van der Waals surface area contributed by atoms with E-state index in [0.29, 0.717) is 32.2 Å². The molecule has 17 atom stereocenters. The van der Waals surface area contributed by atoms with Crippen molar-refractivity contribution in [1.29, 1.82) is 0 Å². The third kappa shape index (κ3) is 9.75. The molecule has 0 saturated carbocycles. The minimum atomic E-state index is -1.66. The summed E-state index contributed by atoms with van der Waals surface area (Å²) in [5, 5.41) is 37.5. The third-order valence-electron chi connectivity index (χ3n) is 14.1. The maximum absolute atomic E-state index is 12.6. The van der Waals surface area contributed by atoms with Gasteiger partial charge in [-0.1, -0.05) is 71.9 Å². The van der Waals surface area contributed by atoms with Gasteiger partial charge in [-0.2, -0.15) is 0 Å². The third-order valence-corrected chi connectivity index (χ3v) is 14.1. The summed E-state index contributed by atoms with van der Waals surface area (Å²) in [6.07, 6.45) is 0.805. The van der Waals surface area contributed by atoms with Crippen molar-refractivity contribution in [2.75, 3.05) is 13.7 Å². The Morgan fingerprint density at radius 1 is 0.982 bits per heavy atom. The van der Waals surface area contributed by atoms with E-state index in [9.17, 15) is 24.9 Å². The molecule has 1 aromatic carbocycles. The fraction of sp³-hybridized carbons (Fsp3) is 0.814. The molecule has 316 valence electrons. The summed E-state index contributed by atoms with van der Waals surface area (Å²) < 4.78 is 45.1. The molecule has 5 aliphatic rings. The second-order valence-electron chi connectivity index (χ2n) is 18.4. The van der Waals surface area contributed by atoms with Crippen LogP contribution in [0.4, 0.5) is 4.79 Å². The number of aliphatic hydroxyl groups is 2. The van der Waals surface area contributed by atoms with Crippen LogP contribution in [-0.4, -0.2) is 101 Å². The number of rotatable bonds is 12. The van der Waals surface area contributed by atoms with Gasteiger partial charge in [-0.05, 0) is 63.4 Å². The van der Waals surface area contributed by atoms with E-state index in [1.165, 1.54) is 7.11 Å². The molecule has 1 aromatic rings. The number of benzene rings is 1. The largest absolute Gasteiger partial charge is 1.00 e. The van der Waals surface area contributed by atoms with Crippen molar-refractivity contribution >= 4 is 12.1 Å².